The quantitative estimate of drug-likeness (QED) is 0.552. The third-order valence-corrected chi connectivity index (χ3v) is 5.64. The normalized spacial score (nSPS) is 30.2. The molecule has 1 unspecified atom stereocenters. The monoisotopic (exact) mass is 400 g/mol. The molecular formula is C22H24O7. The van der Waals surface area contributed by atoms with Crippen LogP contribution in [0.5, 0.6) is 0 Å². The Balaban J connectivity index is 2.07. The largest absolute Gasteiger partial charge is 0.381 e. The molecule has 1 saturated heterocycles. The second-order valence-corrected chi connectivity index (χ2v) is 7.59. The van der Waals surface area contributed by atoms with Gasteiger partial charge in [0.1, 0.15) is 6.10 Å². The van der Waals surface area contributed by atoms with Gasteiger partial charge in [-0.3, -0.25) is 9.59 Å². The maximum Gasteiger partial charge on any atom is 0.201 e. The molecule has 1 aliphatic heterocycles. The Morgan fingerprint density at radius 1 is 1.00 bits per heavy atom. The number of carbonyl (C=O) groups excluding carboxylic acids is 2. The highest BCUT2D eigenvalue weighted by molar-refractivity contribution is 6.09. The van der Waals surface area contributed by atoms with Crippen molar-refractivity contribution in [3.05, 3.63) is 70.8 Å². The van der Waals surface area contributed by atoms with E-state index in [0.717, 1.165) is 6.92 Å². The Bertz CT molecular complexity index is 952. The van der Waals surface area contributed by atoms with Crippen LogP contribution < -0.4 is 0 Å². The molecule has 29 heavy (non-hydrogen) atoms. The second kappa shape index (κ2) is 7.44. The number of rotatable bonds is 5. The molecule has 3 rings (SSSR count). The maximum absolute atomic E-state index is 13.3. The summed E-state index contributed by atoms with van der Waals surface area (Å²) in [5.41, 5.74) is -3.83. The van der Waals surface area contributed by atoms with Crippen molar-refractivity contribution in [3.63, 3.8) is 0 Å². The van der Waals surface area contributed by atoms with Gasteiger partial charge in [-0.2, -0.15) is 0 Å². The first-order valence-electron chi connectivity index (χ1n) is 9.19. The molecule has 154 valence electrons. The number of ether oxygens (including phenoxy) is 1. The number of carbonyl (C=O) groups is 2. The molecule has 2 aromatic carbocycles. The van der Waals surface area contributed by atoms with Crippen molar-refractivity contribution in [1.29, 1.82) is 0 Å². The number of aliphatic hydroxyl groups is 4. The maximum atomic E-state index is 13.3. The van der Waals surface area contributed by atoms with Crippen molar-refractivity contribution < 1.29 is 34.8 Å². The van der Waals surface area contributed by atoms with Gasteiger partial charge in [-0.1, -0.05) is 48.5 Å². The lowest BCUT2D eigenvalue weighted by Crippen LogP contribution is -2.64. The van der Waals surface area contributed by atoms with Crippen LogP contribution in [0.3, 0.4) is 0 Å². The summed E-state index contributed by atoms with van der Waals surface area (Å²) in [7, 11) is 0. The van der Waals surface area contributed by atoms with Gasteiger partial charge in [0, 0.05) is 5.56 Å². The van der Waals surface area contributed by atoms with Gasteiger partial charge in [0.15, 0.2) is 29.4 Å². The minimum atomic E-state index is -2.81. The lowest BCUT2D eigenvalue weighted by molar-refractivity contribution is -0.176. The number of hydrogen-bond donors (Lipinski definition) is 4. The molecule has 1 aliphatic rings. The molecule has 7 heteroatoms. The molecule has 1 fully saturated rings. The van der Waals surface area contributed by atoms with E-state index in [0.29, 0.717) is 11.1 Å². The number of aryl methyl sites for hydroxylation is 2. The van der Waals surface area contributed by atoms with Gasteiger partial charge >= 0.3 is 0 Å². The Morgan fingerprint density at radius 2 is 1.55 bits per heavy atom. The SMILES string of the molecule is Cc1ccccc1C(=O)[C@@]1(O)[C@@H](C(=O)C(O)c2ccccc2C)O[C@@H](O)[C@]1(C)O. The summed E-state index contributed by atoms with van der Waals surface area (Å²) in [6.45, 7) is 4.34. The molecule has 4 N–H and O–H groups in total. The molecule has 0 aliphatic carbocycles. The van der Waals surface area contributed by atoms with Crippen molar-refractivity contribution in [1.82, 2.24) is 0 Å². The van der Waals surface area contributed by atoms with E-state index in [2.05, 4.69) is 0 Å². The average Bonchev–Trinajstić information content (AvgIpc) is 2.88. The fourth-order valence-electron chi connectivity index (χ4n) is 3.66. The summed E-state index contributed by atoms with van der Waals surface area (Å²) in [5, 5.41) is 42.8. The third kappa shape index (κ3) is 3.21. The predicted octanol–water partition coefficient (Wildman–Crippen LogP) is 0.988. The van der Waals surface area contributed by atoms with E-state index in [1.165, 1.54) is 12.1 Å². The summed E-state index contributed by atoms with van der Waals surface area (Å²) >= 11 is 0. The molecule has 7 nitrogen and oxygen atoms in total. The zero-order valence-corrected chi connectivity index (χ0v) is 16.4. The van der Waals surface area contributed by atoms with Gasteiger partial charge in [0.05, 0.1) is 0 Å². The molecule has 1 heterocycles. The summed E-state index contributed by atoms with van der Waals surface area (Å²) < 4.78 is 5.14. The van der Waals surface area contributed by atoms with Gasteiger partial charge in [0.25, 0.3) is 0 Å². The van der Waals surface area contributed by atoms with Crippen molar-refractivity contribution in [2.45, 2.75) is 50.5 Å². The standard InChI is InChI=1S/C22H24O7/c1-12-8-4-6-10-14(12)16(23)17(24)19-22(28,21(3,27)20(26)29-19)18(25)15-11-7-5-9-13(15)2/h4-11,16,19-20,23,26-28H,1-3H3/t16?,19-,20-,21+,22-/m1/s1. The van der Waals surface area contributed by atoms with E-state index in [4.69, 9.17) is 4.74 Å². The number of ketones is 2. The van der Waals surface area contributed by atoms with Crippen LogP contribution in [-0.4, -0.2) is 55.6 Å². The van der Waals surface area contributed by atoms with Crippen LogP contribution in [0.4, 0.5) is 0 Å². The van der Waals surface area contributed by atoms with E-state index < -0.39 is 41.3 Å². The zero-order valence-electron chi connectivity index (χ0n) is 16.4. The summed E-state index contributed by atoms with van der Waals surface area (Å²) in [6, 6.07) is 12.9. The molecule has 0 amide bonds. The first kappa shape index (κ1) is 21.3. The topological polar surface area (TPSA) is 124 Å². The fraction of sp³-hybridized carbons (Fsp3) is 0.364. The molecule has 0 aromatic heterocycles. The van der Waals surface area contributed by atoms with Crippen LogP contribution in [0.15, 0.2) is 48.5 Å². The van der Waals surface area contributed by atoms with Crippen molar-refractivity contribution >= 4 is 11.6 Å². The molecular weight excluding hydrogens is 376 g/mol. The second-order valence-electron chi connectivity index (χ2n) is 7.59. The zero-order chi connectivity index (χ0) is 21.6. The van der Waals surface area contributed by atoms with Gasteiger partial charge in [-0.05, 0) is 37.5 Å². The molecule has 0 saturated carbocycles. The van der Waals surface area contributed by atoms with Crippen LogP contribution in [0.25, 0.3) is 0 Å². The van der Waals surface area contributed by atoms with Crippen LogP contribution in [0.1, 0.15) is 40.1 Å². The third-order valence-electron chi connectivity index (χ3n) is 5.64. The Kier molecular flexibility index (Phi) is 5.46. The molecule has 0 bridgehead atoms. The minimum absolute atomic E-state index is 0.0659. The summed E-state index contributed by atoms with van der Waals surface area (Å²) in [4.78, 5) is 26.3. The first-order chi connectivity index (χ1) is 13.5. The smallest absolute Gasteiger partial charge is 0.201 e. The lowest BCUT2D eigenvalue weighted by Gasteiger charge is -2.36. The molecule has 5 atom stereocenters. The number of Topliss-reactive ketones (excluding diaryl/α,β-unsaturated/α-hetero) is 2. The highest BCUT2D eigenvalue weighted by Crippen LogP contribution is 2.43. The van der Waals surface area contributed by atoms with Crippen molar-refractivity contribution in [3.8, 4) is 0 Å². The van der Waals surface area contributed by atoms with E-state index in [-0.39, 0.29) is 11.1 Å². The van der Waals surface area contributed by atoms with E-state index in [9.17, 15) is 30.0 Å². The number of benzene rings is 2. The lowest BCUT2D eigenvalue weighted by atomic mass is 9.73. The Morgan fingerprint density at radius 3 is 2.14 bits per heavy atom. The van der Waals surface area contributed by atoms with E-state index in [1.54, 1.807) is 50.2 Å². The van der Waals surface area contributed by atoms with Gasteiger partial charge in [-0.25, -0.2) is 0 Å². The van der Waals surface area contributed by atoms with Crippen molar-refractivity contribution in [2.24, 2.45) is 0 Å². The average molecular weight is 400 g/mol. The Labute approximate surface area is 168 Å². The fourth-order valence-corrected chi connectivity index (χ4v) is 3.66. The first-order valence-corrected chi connectivity index (χ1v) is 9.19. The van der Waals surface area contributed by atoms with E-state index >= 15 is 0 Å². The molecule has 2 aromatic rings. The van der Waals surface area contributed by atoms with E-state index in [1.807, 2.05) is 0 Å². The Hall–Kier alpha value is -2.42. The van der Waals surface area contributed by atoms with Crippen LogP contribution in [0.2, 0.25) is 0 Å². The number of aliphatic hydroxyl groups excluding tert-OH is 2. The highest BCUT2D eigenvalue weighted by atomic mass is 16.7. The summed E-state index contributed by atoms with van der Waals surface area (Å²) in [6.07, 6.45) is -5.72. The highest BCUT2D eigenvalue weighted by Gasteiger charge is 2.69. The summed E-state index contributed by atoms with van der Waals surface area (Å²) in [5.74, 6) is -2.02. The van der Waals surface area contributed by atoms with Gasteiger partial charge < -0.3 is 25.2 Å². The van der Waals surface area contributed by atoms with Crippen LogP contribution in [0, 0.1) is 13.8 Å². The predicted molar refractivity (Wildman–Crippen MR) is 103 cm³/mol. The minimum Gasteiger partial charge on any atom is -0.381 e. The van der Waals surface area contributed by atoms with Gasteiger partial charge in [0.2, 0.25) is 5.78 Å². The molecule has 0 radical (unpaired) electrons. The molecule has 0 spiro atoms. The van der Waals surface area contributed by atoms with Crippen LogP contribution >= 0.6 is 0 Å². The van der Waals surface area contributed by atoms with Gasteiger partial charge in [-0.15, -0.1) is 0 Å². The van der Waals surface area contributed by atoms with Crippen molar-refractivity contribution in [2.75, 3.05) is 0 Å². The number of hydrogen-bond acceptors (Lipinski definition) is 7. The van der Waals surface area contributed by atoms with Crippen LogP contribution in [-0.2, 0) is 9.53 Å².